The molecule has 0 aromatic heterocycles. The lowest BCUT2D eigenvalue weighted by atomic mass is 10.2. The molecule has 1 aliphatic heterocycles. The van der Waals surface area contributed by atoms with Gasteiger partial charge in [0.05, 0.1) is 6.42 Å². The molecule has 0 spiro atoms. The molecular weight excluding hydrogens is 198 g/mol. The van der Waals surface area contributed by atoms with Crippen LogP contribution in [0.5, 0.6) is 0 Å². The van der Waals surface area contributed by atoms with Gasteiger partial charge < -0.3 is 20.6 Å². The molecule has 0 aromatic carbocycles. The highest BCUT2D eigenvalue weighted by Gasteiger charge is 2.23. The molecule has 0 bridgehead atoms. The summed E-state index contributed by atoms with van der Waals surface area (Å²) in [6.07, 6.45) is -0.112. The van der Waals surface area contributed by atoms with E-state index >= 15 is 0 Å². The van der Waals surface area contributed by atoms with E-state index in [-0.39, 0.29) is 12.3 Å². The molecule has 3 N–H and O–H groups in total. The maximum Gasteiger partial charge on any atom is 0.321 e. The number of likely N-dealkylation sites (N-methyl/N-ethyl adjacent to an activating group) is 1. The van der Waals surface area contributed by atoms with Crippen LogP contribution in [0.1, 0.15) is 6.42 Å². The summed E-state index contributed by atoms with van der Waals surface area (Å²) in [5, 5.41) is 8.57. The average molecular weight is 215 g/mol. The summed E-state index contributed by atoms with van der Waals surface area (Å²) in [6, 6.07) is -1.09. The summed E-state index contributed by atoms with van der Waals surface area (Å²) < 4.78 is 0. The molecule has 1 rings (SSSR count). The Bertz CT molecular complexity index is 249. The highest BCUT2D eigenvalue weighted by Crippen LogP contribution is 2.03. The standard InChI is InChI=1S/C9H17N3O3/c1-11-2-4-12(5-3-11)8(13)6-7(10)9(14)15/h7H,2-6,10H2,1H3,(H,14,15)/t7-/m0/s1. The van der Waals surface area contributed by atoms with Crippen LogP contribution in [0.15, 0.2) is 0 Å². The molecule has 1 heterocycles. The van der Waals surface area contributed by atoms with Gasteiger partial charge in [0.15, 0.2) is 0 Å². The van der Waals surface area contributed by atoms with E-state index < -0.39 is 12.0 Å². The van der Waals surface area contributed by atoms with Crippen molar-refractivity contribution in [3.63, 3.8) is 0 Å². The van der Waals surface area contributed by atoms with Gasteiger partial charge in [0.25, 0.3) is 0 Å². The molecule has 0 saturated carbocycles. The van der Waals surface area contributed by atoms with Gasteiger partial charge in [0.1, 0.15) is 6.04 Å². The van der Waals surface area contributed by atoms with Crippen LogP contribution in [0.25, 0.3) is 0 Å². The Kier molecular flexibility index (Phi) is 4.05. The van der Waals surface area contributed by atoms with Crippen LogP contribution in [-0.2, 0) is 9.59 Å². The minimum absolute atomic E-state index is 0.112. The number of carboxylic acid groups (broad SMARTS) is 1. The van der Waals surface area contributed by atoms with Crippen molar-refractivity contribution in [1.82, 2.24) is 9.80 Å². The number of nitrogens with two attached hydrogens (primary N) is 1. The fourth-order valence-corrected chi connectivity index (χ4v) is 1.46. The number of carboxylic acids is 1. The van der Waals surface area contributed by atoms with E-state index in [9.17, 15) is 9.59 Å². The fourth-order valence-electron chi connectivity index (χ4n) is 1.46. The predicted octanol–water partition coefficient (Wildman–Crippen LogP) is -1.44. The van der Waals surface area contributed by atoms with Crippen LogP contribution in [0, 0.1) is 0 Å². The zero-order valence-corrected chi connectivity index (χ0v) is 8.85. The molecule has 0 aromatic rings. The third kappa shape index (κ3) is 3.49. The molecule has 0 radical (unpaired) electrons. The van der Waals surface area contributed by atoms with Gasteiger partial charge in [0, 0.05) is 26.2 Å². The third-order valence-electron chi connectivity index (χ3n) is 2.57. The molecule has 0 unspecified atom stereocenters. The molecular formula is C9H17N3O3. The van der Waals surface area contributed by atoms with Gasteiger partial charge in [-0.25, -0.2) is 0 Å². The molecule has 1 amide bonds. The first-order chi connectivity index (χ1) is 7.00. The van der Waals surface area contributed by atoms with Gasteiger partial charge >= 0.3 is 5.97 Å². The van der Waals surface area contributed by atoms with Crippen molar-refractivity contribution in [3.8, 4) is 0 Å². The molecule has 6 nitrogen and oxygen atoms in total. The van der Waals surface area contributed by atoms with E-state index in [1.807, 2.05) is 7.05 Å². The number of amides is 1. The summed E-state index contributed by atoms with van der Waals surface area (Å²) in [4.78, 5) is 25.8. The SMILES string of the molecule is CN1CCN(C(=O)C[C@H](N)C(=O)O)CC1. The number of aliphatic carboxylic acids is 1. The van der Waals surface area contributed by atoms with Crippen LogP contribution in [0.4, 0.5) is 0 Å². The Labute approximate surface area is 88.6 Å². The summed E-state index contributed by atoms with van der Waals surface area (Å²) in [5.74, 6) is -1.30. The summed E-state index contributed by atoms with van der Waals surface area (Å²) in [7, 11) is 1.99. The van der Waals surface area contributed by atoms with E-state index in [4.69, 9.17) is 10.8 Å². The fraction of sp³-hybridized carbons (Fsp3) is 0.778. The van der Waals surface area contributed by atoms with Crippen molar-refractivity contribution < 1.29 is 14.7 Å². The summed E-state index contributed by atoms with van der Waals surface area (Å²) in [6.45, 7) is 2.96. The number of nitrogens with zero attached hydrogens (tertiary/aromatic N) is 2. The normalized spacial score (nSPS) is 20.0. The van der Waals surface area contributed by atoms with E-state index in [1.54, 1.807) is 4.90 Å². The molecule has 1 aliphatic rings. The zero-order valence-electron chi connectivity index (χ0n) is 8.85. The van der Waals surface area contributed by atoms with Gasteiger partial charge in [-0.2, -0.15) is 0 Å². The van der Waals surface area contributed by atoms with Gasteiger partial charge in [-0.3, -0.25) is 9.59 Å². The van der Waals surface area contributed by atoms with Crippen molar-refractivity contribution in [2.45, 2.75) is 12.5 Å². The molecule has 86 valence electrons. The molecule has 1 fully saturated rings. The largest absolute Gasteiger partial charge is 0.480 e. The quantitative estimate of drug-likeness (QED) is 0.602. The number of piperazine rings is 1. The minimum atomic E-state index is -1.13. The third-order valence-corrected chi connectivity index (χ3v) is 2.57. The first-order valence-corrected chi connectivity index (χ1v) is 4.95. The van der Waals surface area contributed by atoms with E-state index in [2.05, 4.69) is 4.90 Å². The van der Waals surface area contributed by atoms with E-state index in [1.165, 1.54) is 0 Å². The maximum absolute atomic E-state index is 11.6. The predicted molar refractivity (Wildman–Crippen MR) is 54.3 cm³/mol. The lowest BCUT2D eigenvalue weighted by Crippen LogP contribution is -2.49. The Morgan fingerprint density at radius 3 is 2.33 bits per heavy atom. The monoisotopic (exact) mass is 215 g/mol. The lowest BCUT2D eigenvalue weighted by molar-refractivity contribution is -0.143. The number of hydrogen-bond donors (Lipinski definition) is 2. The van der Waals surface area contributed by atoms with Gasteiger partial charge in [-0.05, 0) is 7.05 Å². The van der Waals surface area contributed by atoms with Crippen LogP contribution in [0.2, 0.25) is 0 Å². The topological polar surface area (TPSA) is 86.9 Å². The first kappa shape index (κ1) is 11.9. The Morgan fingerprint density at radius 1 is 1.33 bits per heavy atom. The average Bonchev–Trinajstić information content (AvgIpc) is 2.18. The van der Waals surface area contributed by atoms with E-state index in [0.29, 0.717) is 13.1 Å². The highest BCUT2D eigenvalue weighted by atomic mass is 16.4. The van der Waals surface area contributed by atoms with Crippen LogP contribution in [-0.4, -0.2) is 66.1 Å². The van der Waals surface area contributed by atoms with Gasteiger partial charge in [0.2, 0.25) is 5.91 Å². The maximum atomic E-state index is 11.6. The van der Waals surface area contributed by atoms with Crippen LogP contribution < -0.4 is 5.73 Å². The number of carbonyl (C=O) groups excluding carboxylic acids is 1. The minimum Gasteiger partial charge on any atom is -0.480 e. The zero-order chi connectivity index (χ0) is 11.4. The Morgan fingerprint density at radius 2 is 1.87 bits per heavy atom. The molecule has 6 heteroatoms. The molecule has 0 aliphatic carbocycles. The number of carbonyl (C=O) groups is 2. The van der Waals surface area contributed by atoms with Gasteiger partial charge in [-0.1, -0.05) is 0 Å². The molecule has 1 atom stereocenters. The van der Waals surface area contributed by atoms with Gasteiger partial charge in [-0.15, -0.1) is 0 Å². The Balaban J connectivity index is 2.37. The number of rotatable bonds is 3. The molecule has 15 heavy (non-hydrogen) atoms. The van der Waals surface area contributed by atoms with E-state index in [0.717, 1.165) is 13.1 Å². The number of hydrogen-bond acceptors (Lipinski definition) is 4. The van der Waals surface area contributed by atoms with Crippen molar-refractivity contribution in [2.75, 3.05) is 33.2 Å². The summed E-state index contributed by atoms with van der Waals surface area (Å²) in [5.41, 5.74) is 5.29. The first-order valence-electron chi connectivity index (χ1n) is 4.95. The smallest absolute Gasteiger partial charge is 0.321 e. The second kappa shape index (κ2) is 5.09. The highest BCUT2D eigenvalue weighted by molar-refractivity contribution is 5.84. The Hall–Kier alpha value is -1.14. The second-order valence-electron chi connectivity index (χ2n) is 3.83. The second-order valence-corrected chi connectivity index (χ2v) is 3.83. The summed E-state index contributed by atoms with van der Waals surface area (Å²) >= 11 is 0. The van der Waals surface area contributed by atoms with Crippen LogP contribution >= 0.6 is 0 Å². The molecule has 1 saturated heterocycles. The van der Waals surface area contributed by atoms with Crippen molar-refractivity contribution in [1.29, 1.82) is 0 Å². The van der Waals surface area contributed by atoms with Crippen molar-refractivity contribution >= 4 is 11.9 Å². The van der Waals surface area contributed by atoms with Crippen molar-refractivity contribution in [2.24, 2.45) is 5.73 Å². The van der Waals surface area contributed by atoms with Crippen molar-refractivity contribution in [3.05, 3.63) is 0 Å². The van der Waals surface area contributed by atoms with Crippen LogP contribution in [0.3, 0.4) is 0 Å². The lowest BCUT2D eigenvalue weighted by Gasteiger charge is -2.32.